The minimum absolute atomic E-state index is 0.0226. The lowest BCUT2D eigenvalue weighted by atomic mass is 10.1. The quantitative estimate of drug-likeness (QED) is 0.428. The topological polar surface area (TPSA) is 60.2 Å². The zero-order chi connectivity index (χ0) is 11.3. The van der Waals surface area contributed by atoms with Gasteiger partial charge in [-0.2, -0.15) is 0 Å². The van der Waals surface area contributed by atoms with E-state index in [1.54, 1.807) is 18.2 Å². The van der Waals surface area contributed by atoms with Crippen LogP contribution in [0.5, 0.6) is 0 Å². The molecule has 4 heteroatoms. The Morgan fingerprint density at radius 3 is 2.67 bits per heavy atom. The number of hydrogen-bond acceptors (Lipinski definition) is 3. The van der Waals surface area contributed by atoms with E-state index in [0.29, 0.717) is 5.56 Å². The first-order valence-electron chi connectivity index (χ1n) is 4.23. The number of nitrogens with zero attached hydrogens (tertiary/aromatic N) is 1. The summed E-state index contributed by atoms with van der Waals surface area (Å²) in [4.78, 5) is 21.0. The molecule has 0 bridgehead atoms. The lowest BCUT2D eigenvalue weighted by Crippen LogP contribution is -1.91. The summed E-state index contributed by atoms with van der Waals surface area (Å²) in [6, 6.07) is 6.21. The molecule has 0 aliphatic heterocycles. The van der Waals surface area contributed by atoms with E-state index in [-0.39, 0.29) is 11.5 Å². The number of allylic oxidation sites excluding steroid dienone is 2. The number of para-hydroxylation sites is 1. The number of nitro groups is 1. The monoisotopic (exact) mass is 203 g/mol. The van der Waals surface area contributed by atoms with Gasteiger partial charge in [0.1, 0.15) is 0 Å². The molecule has 0 radical (unpaired) electrons. The highest BCUT2D eigenvalue weighted by Crippen LogP contribution is 2.18. The van der Waals surface area contributed by atoms with Crippen LogP contribution in [0.25, 0.3) is 6.08 Å². The van der Waals surface area contributed by atoms with Crippen molar-refractivity contribution in [1.82, 2.24) is 0 Å². The molecule has 0 aliphatic carbocycles. The van der Waals surface area contributed by atoms with Gasteiger partial charge >= 0.3 is 0 Å². The molecule has 0 atom stereocenters. The second-order valence-corrected chi connectivity index (χ2v) is 2.76. The van der Waals surface area contributed by atoms with Crippen molar-refractivity contribution in [3.8, 4) is 0 Å². The van der Waals surface area contributed by atoms with Crippen LogP contribution in [0.4, 0.5) is 5.69 Å². The van der Waals surface area contributed by atoms with Crippen molar-refractivity contribution in [2.24, 2.45) is 0 Å². The summed E-state index contributed by atoms with van der Waals surface area (Å²) < 4.78 is 0. The van der Waals surface area contributed by atoms with Crippen LogP contribution in [0.15, 0.2) is 43.0 Å². The molecule has 0 unspecified atom stereocenters. The number of carbonyl (C=O) groups is 1. The summed E-state index contributed by atoms with van der Waals surface area (Å²) in [6.45, 7) is 3.30. The summed E-state index contributed by atoms with van der Waals surface area (Å²) in [6.07, 6.45) is 3.79. The fourth-order valence-electron chi connectivity index (χ4n) is 1.03. The van der Waals surface area contributed by atoms with Crippen molar-refractivity contribution in [2.75, 3.05) is 0 Å². The first kappa shape index (κ1) is 10.8. The Morgan fingerprint density at radius 2 is 2.07 bits per heavy atom. The van der Waals surface area contributed by atoms with Crippen LogP contribution in [0, 0.1) is 10.1 Å². The standard InChI is InChI=1S/C11H9NO3/c1-2-10(13)8-7-9-5-3-4-6-11(9)12(14)15/h2-8H,1H2/b8-7+. The van der Waals surface area contributed by atoms with Crippen molar-refractivity contribution >= 4 is 17.5 Å². The molecule has 4 nitrogen and oxygen atoms in total. The zero-order valence-corrected chi connectivity index (χ0v) is 7.92. The predicted octanol–water partition coefficient (Wildman–Crippen LogP) is 2.36. The van der Waals surface area contributed by atoms with Gasteiger partial charge in [-0.05, 0) is 24.3 Å². The number of ketones is 1. The Hall–Kier alpha value is -2.23. The highest BCUT2D eigenvalue weighted by atomic mass is 16.6. The van der Waals surface area contributed by atoms with Gasteiger partial charge in [0.25, 0.3) is 5.69 Å². The van der Waals surface area contributed by atoms with Gasteiger partial charge in [0.2, 0.25) is 0 Å². The van der Waals surface area contributed by atoms with Gasteiger partial charge in [-0.1, -0.05) is 18.7 Å². The van der Waals surface area contributed by atoms with Crippen LogP contribution in [0.3, 0.4) is 0 Å². The minimum Gasteiger partial charge on any atom is -0.290 e. The Kier molecular flexibility index (Phi) is 3.51. The minimum atomic E-state index is -0.488. The largest absolute Gasteiger partial charge is 0.290 e. The highest BCUT2D eigenvalue weighted by Gasteiger charge is 2.08. The summed E-state index contributed by atoms with van der Waals surface area (Å²) >= 11 is 0. The molecule has 0 fully saturated rings. The Balaban J connectivity index is 3.04. The molecule has 1 aromatic carbocycles. The van der Waals surface area contributed by atoms with Gasteiger partial charge < -0.3 is 0 Å². The van der Waals surface area contributed by atoms with E-state index in [1.165, 1.54) is 18.2 Å². The molecule has 15 heavy (non-hydrogen) atoms. The molecule has 0 saturated heterocycles. The van der Waals surface area contributed by atoms with Gasteiger partial charge in [-0.25, -0.2) is 0 Å². The number of benzene rings is 1. The van der Waals surface area contributed by atoms with Crippen molar-refractivity contribution in [1.29, 1.82) is 0 Å². The maximum absolute atomic E-state index is 10.9. The van der Waals surface area contributed by atoms with E-state index in [4.69, 9.17) is 0 Å². The molecule has 0 spiro atoms. The van der Waals surface area contributed by atoms with Gasteiger partial charge in [0, 0.05) is 6.07 Å². The van der Waals surface area contributed by atoms with Gasteiger partial charge in [-0.3, -0.25) is 14.9 Å². The molecule has 0 aliphatic rings. The van der Waals surface area contributed by atoms with Crippen LogP contribution in [-0.2, 0) is 4.79 Å². The number of nitro benzene ring substituents is 1. The second-order valence-electron chi connectivity index (χ2n) is 2.76. The first-order valence-corrected chi connectivity index (χ1v) is 4.23. The third-order valence-electron chi connectivity index (χ3n) is 1.76. The third-order valence-corrected chi connectivity index (χ3v) is 1.76. The van der Waals surface area contributed by atoms with Crippen molar-refractivity contribution in [3.63, 3.8) is 0 Å². The Bertz CT molecular complexity index is 435. The fraction of sp³-hybridized carbons (Fsp3) is 0. The van der Waals surface area contributed by atoms with Crippen molar-refractivity contribution < 1.29 is 9.72 Å². The maximum Gasteiger partial charge on any atom is 0.276 e. The molecular formula is C11H9NO3. The summed E-state index contributed by atoms with van der Waals surface area (Å²) in [5.74, 6) is -0.284. The molecular weight excluding hydrogens is 194 g/mol. The van der Waals surface area contributed by atoms with Crippen LogP contribution in [0.1, 0.15) is 5.56 Å². The second kappa shape index (κ2) is 4.85. The Labute approximate surface area is 86.7 Å². The van der Waals surface area contributed by atoms with E-state index < -0.39 is 4.92 Å². The van der Waals surface area contributed by atoms with Crippen LogP contribution >= 0.6 is 0 Å². The van der Waals surface area contributed by atoms with Crippen LogP contribution in [0.2, 0.25) is 0 Å². The van der Waals surface area contributed by atoms with Gasteiger partial charge in [-0.15, -0.1) is 0 Å². The third kappa shape index (κ3) is 2.87. The number of rotatable bonds is 4. The average molecular weight is 203 g/mol. The van der Waals surface area contributed by atoms with Crippen molar-refractivity contribution in [2.45, 2.75) is 0 Å². The smallest absolute Gasteiger partial charge is 0.276 e. The van der Waals surface area contributed by atoms with Crippen molar-refractivity contribution in [3.05, 3.63) is 58.7 Å². The normalized spacial score (nSPS) is 10.1. The van der Waals surface area contributed by atoms with E-state index in [9.17, 15) is 14.9 Å². The first-order chi connectivity index (χ1) is 7.15. The molecule has 76 valence electrons. The van der Waals surface area contributed by atoms with Gasteiger partial charge in [0.15, 0.2) is 5.78 Å². The fourth-order valence-corrected chi connectivity index (χ4v) is 1.03. The number of carbonyl (C=O) groups excluding carboxylic acids is 1. The summed E-state index contributed by atoms with van der Waals surface area (Å²) in [5.41, 5.74) is 0.378. The van der Waals surface area contributed by atoms with Crippen LogP contribution in [-0.4, -0.2) is 10.7 Å². The summed E-state index contributed by atoms with van der Waals surface area (Å²) in [5, 5.41) is 10.6. The zero-order valence-electron chi connectivity index (χ0n) is 7.92. The molecule has 0 saturated carbocycles. The number of hydrogen-bond donors (Lipinski definition) is 0. The van der Waals surface area contributed by atoms with E-state index in [1.807, 2.05) is 0 Å². The molecule has 0 N–H and O–H groups in total. The van der Waals surface area contributed by atoms with E-state index >= 15 is 0 Å². The lowest BCUT2D eigenvalue weighted by Gasteiger charge is -1.95. The molecule has 0 amide bonds. The average Bonchev–Trinajstić information content (AvgIpc) is 2.26. The van der Waals surface area contributed by atoms with Gasteiger partial charge in [0.05, 0.1) is 10.5 Å². The van der Waals surface area contributed by atoms with E-state index in [2.05, 4.69) is 6.58 Å². The Morgan fingerprint density at radius 1 is 1.40 bits per heavy atom. The molecule has 0 aromatic heterocycles. The lowest BCUT2D eigenvalue weighted by molar-refractivity contribution is -0.385. The summed E-state index contributed by atoms with van der Waals surface area (Å²) in [7, 11) is 0. The molecule has 0 heterocycles. The highest BCUT2D eigenvalue weighted by molar-refractivity contribution is 6.01. The maximum atomic E-state index is 10.9. The SMILES string of the molecule is C=CC(=O)/C=C/c1ccccc1[N+](=O)[O-]. The van der Waals surface area contributed by atoms with E-state index in [0.717, 1.165) is 6.08 Å². The molecule has 1 rings (SSSR count). The van der Waals surface area contributed by atoms with Crippen LogP contribution < -0.4 is 0 Å². The predicted molar refractivity (Wildman–Crippen MR) is 57.3 cm³/mol. The molecule has 1 aromatic rings.